The van der Waals surface area contributed by atoms with E-state index < -0.39 is 10.0 Å². The smallest absolute Gasteiger partial charge is 0.269 e. The van der Waals surface area contributed by atoms with Crippen LogP contribution in [0.4, 0.5) is 0 Å². The molecule has 2 heterocycles. The monoisotopic (exact) mass is 328 g/mol. The van der Waals surface area contributed by atoms with Crippen molar-refractivity contribution < 1.29 is 13.2 Å². The predicted octanol–water partition coefficient (Wildman–Crippen LogP) is 0.0994. The SMILES string of the molecule is CNCC1CCCN1S(=O)(=O)c1cc(C(=O)N(C)C)n(C)c1. The molecule has 1 amide bonds. The van der Waals surface area contributed by atoms with Crippen molar-refractivity contribution >= 4 is 15.9 Å². The van der Waals surface area contributed by atoms with Crippen LogP contribution in [0.15, 0.2) is 17.2 Å². The van der Waals surface area contributed by atoms with Crippen molar-refractivity contribution in [3.8, 4) is 0 Å². The van der Waals surface area contributed by atoms with Gasteiger partial charge < -0.3 is 14.8 Å². The van der Waals surface area contributed by atoms with Crippen molar-refractivity contribution in [2.45, 2.75) is 23.8 Å². The van der Waals surface area contributed by atoms with Crippen LogP contribution in [0.3, 0.4) is 0 Å². The number of sulfonamides is 1. The summed E-state index contributed by atoms with van der Waals surface area (Å²) in [6.07, 6.45) is 3.24. The van der Waals surface area contributed by atoms with Gasteiger partial charge in [0.15, 0.2) is 0 Å². The molecule has 1 aromatic heterocycles. The van der Waals surface area contributed by atoms with Crippen molar-refractivity contribution in [3.63, 3.8) is 0 Å². The van der Waals surface area contributed by atoms with Crippen molar-refractivity contribution in [1.82, 2.24) is 19.1 Å². The Balaban J connectivity index is 2.34. The van der Waals surface area contributed by atoms with Crippen LogP contribution in [-0.2, 0) is 17.1 Å². The van der Waals surface area contributed by atoms with Gasteiger partial charge in [0.25, 0.3) is 5.91 Å². The van der Waals surface area contributed by atoms with Crippen LogP contribution in [-0.4, -0.2) is 68.4 Å². The van der Waals surface area contributed by atoms with E-state index in [0.717, 1.165) is 12.8 Å². The topological polar surface area (TPSA) is 74.7 Å². The zero-order valence-corrected chi connectivity index (χ0v) is 14.4. The van der Waals surface area contributed by atoms with E-state index in [4.69, 9.17) is 0 Å². The number of nitrogens with zero attached hydrogens (tertiary/aromatic N) is 3. The fraction of sp³-hybridized carbons (Fsp3) is 0.643. The quantitative estimate of drug-likeness (QED) is 0.832. The molecule has 1 aliphatic rings. The molecule has 0 aliphatic carbocycles. The van der Waals surface area contributed by atoms with Crippen molar-refractivity contribution in [3.05, 3.63) is 18.0 Å². The van der Waals surface area contributed by atoms with Crippen LogP contribution in [0.2, 0.25) is 0 Å². The Morgan fingerprint density at radius 2 is 2.14 bits per heavy atom. The van der Waals surface area contributed by atoms with Crippen LogP contribution in [0.5, 0.6) is 0 Å². The number of nitrogens with one attached hydrogen (secondary N) is 1. The van der Waals surface area contributed by atoms with E-state index >= 15 is 0 Å². The van der Waals surface area contributed by atoms with Gasteiger partial charge in [-0.25, -0.2) is 8.42 Å². The molecule has 1 saturated heterocycles. The van der Waals surface area contributed by atoms with E-state index in [0.29, 0.717) is 18.8 Å². The zero-order valence-electron chi connectivity index (χ0n) is 13.5. The fourth-order valence-corrected chi connectivity index (χ4v) is 4.58. The third-order valence-corrected chi connectivity index (χ3v) is 5.89. The third kappa shape index (κ3) is 3.04. The Labute approximate surface area is 131 Å². The Kier molecular flexibility index (Phi) is 4.93. The van der Waals surface area contributed by atoms with Gasteiger partial charge in [0.2, 0.25) is 10.0 Å². The Morgan fingerprint density at radius 3 is 2.73 bits per heavy atom. The Morgan fingerprint density at radius 1 is 1.45 bits per heavy atom. The summed E-state index contributed by atoms with van der Waals surface area (Å²) < 4.78 is 28.8. The summed E-state index contributed by atoms with van der Waals surface area (Å²) in [5.41, 5.74) is 0.368. The minimum atomic E-state index is -3.57. The van der Waals surface area contributed by atoms with Gasteiger partial charge >= 0.3 is 0 Å². The zero-order chi connectivity index (χ0) is 16.5. The second-order valence-electron chi connectivity index (χ2n) is 5.84. The summed E-state index contributed by atoms with van der Waals surface area (Å²) in [5, 5.41) is 3.04. The molecule has 1 aromatic rings. The maximum Gasteiger partial charge on any atom is 0.269 e. The van der Waals surface area contributed by atoms with Gasteiger partial charge in [-0.3, -0.25) is 4.79 Å². The molecular formula is C14H24N4O3S. The molecule has 0 aromatic carbocycles. The minimum Gasteiger partial charge on any atom is -0.345 e. The van der Waals surface area contributed by atoms with E-state index in [1.54, 1.807) is 30.0 Å². The average Bonchev–Trinajstić information content (AvgIpc) is 3.05. The number of aromatic nitrogens is 1. The number of carbonyl (C=O) groups excluding carboxylic acids is 1. The van der Waals surface area contributed by atoms with Gasteiger partial charge in [0.1, 0.15) is 10.6 Å². The van der Waals surface area contributed by atoms with E-state index in [2.05, 4.69) is 5.32 Å². The highest BCUT2D eigenvalue weighted by Gasteiger charge is 2.36. The molecular weight excluding hydrogens is 304 g/mol. The summed E-state index contributed by atoms with van der Waals surface area (Å²) in [7, 11) is 3.23. The molecule has 1 unspecified atom stereocenters. The molecule has 8 heteroatoms. The van der Waals surface area contributed by atoms with Crippen molar-refractivity contribution in [2.75, 3.05) is 34.2 Å². The van der Waals surface area contributed by atoms with Crippen molar-refractivity contribution in [1.29, 1.82) is 0 Å². The molecule has 0 spiro atoms. The maximum absolute atomic E-state index is 12.8. The number of hydrogen-bond acceptors (Lipinski definition) is 4. The minimum absolute atomic E-state index is 0.0248. The molecule has 2 rings (SSSR count). The largest absolute Gasteiger partial charge is 0.345 e. The Bertz CT molecular complexity index is 651. The molecule has 7 nitrogen and oxygen atoms in total. The predicted molar refractivity (Wildman–Crippen MR) is 84.3 cm³/mol. The lowest BCUT2D eigenvalue weighted by Crippen LogP contribution is -2.40. The summed E-state index contributed by atoms with van der Waals surface area (Å²) >= 11 is 0. The standard InChI is InChI=1S/C14H24N4O3S/c1-15-9-11-6-5-7-18(11)22(20,21)12-8-13(17(4)10-12)14(19)16(2)3/h8,10-11,15H,5-7,9H2,1-4H3. The van der Waals surface area contributed by atoms with Gasteiger partial charge in [-0.15, -0.1) is 0 Å². The van der Waals surface area contributed by atoms with Crippen molar-refractivity contribution in [2.24, 2.45) is 7.05 Å². The summed E-state index contributed by atoms with van der Waals surface area (Å²) in [5.74, 6) is -0.211. The second kappa shape index (κ2) is 6.39. The molecule has 124 valence electrons. The lowest BCUT2D eigenvalue weighted by molar-refractivity contribution is 0.0818. The molecule has 22 heavy (non-hydrogen) atoms. The lowest BCUT2D eigenvalue weighted by atomic mass is 10.2. The first kappa shape index (κ1) is 17.0. The van der Waals surface area contributed by atoms with Crippen LogP contribution < -0.4 is 5.32 Å². The molecule has 1 atom stereocenters. The highest BCUT2D eigenvalue weighted by atomic mass is 32.2. The molecule has 0 saturated carbocycles. The fourth-order valence-electron chi connectivity index (χ4n) is 2.82. The van der Waals surface area contributed by atoms with Gasteiger partial charge in [0.05, 0.1) is 0 Å². The summed E-state index contributed by atoms with van der Waals surface area (Å²) in [4.78, 5) is 13.7. The van der Waals surface area contributed by atoms with Crippen LogP contribution in [0.1, 0.15) is 23.3 Å². The van der Waals surface area contributed by atoms with Gasteiger partial charge in [-0.1, -0.05) is 0 Å². The lowest BCUT2D eigenvalue weighted by Gasteiger charge is -2.23. The average molecular weight is 328 g/mol. The number of rotatable bonds is 5. The molecule has 0 radical (unpaired) electrons. The molecule has 1 aliphatic heterocycles. The number of likely N-dealkylation sites (N-methyl/N-ethyl adjacent to an activating group) is 1. The van der Waals surface area contributed by atoms with E-state index in [9.17, 15) is 13.2 Å². The van der Waals surface area contributed by atoms with E-state index in [-0.39, 0.29) is 16.8 Å². The molecule has 1 fully saturated rings. The number of amides is 1. The van der Waals surface area contributed by atoms with Gasteiger partial charge in [0, 0.05) is 46.5 Å². The highest BCUT2D eigenvalue weighted by Crippen LogP contribution is 2.27. The van der Waals surface area contributed by atoms with Crippen LogP contribution in [0, 0.1) is 0 Å². The number of aryl methyl sites for hydroxylation is 1. The first-order valence-corrected chi connectivity index (χ1v) is 8.77. The highest BCUT2D eigenvalue weighted by molar-refractivity contribution is 7.89. The summed E-state index contributed by atoms with van der Waals surface area (Å²) in [6, 6.07) is 1.44. The van der Waals surface area contributed by atoms with Crippen LogP contribution in [0.25, 0.3) is 0 Å². The first-order chi connectivity index (χ1) is 10.3. The third-order valence-electron chi connectivity index (χ3n) is 3.97. The second-order valence-corrected chi connectivity index (χ2v) is 7.73. The molecule has 1 N–H and O–H groups in total. The Hall–Kier alpha value is -1.38. The first-order valence-electron chi connectivity index (χ1n) is 7.33. The number of carbonyl (C=O) groups is 1. The maximum atomic E-state index is 12.8. The number of hydrogen-bond donors (Lipinski definition) is 1. The van der Waals surface area contributed by atoms with Gasteiger partial charge in [-0.05, 0) is 26.0 Å². The van der Waals surface area contributed by atoms with E-state index in [1.165, 1.54) is 17.2 Å². The van der Waals surface area contributed by atoms with Crippen LogP contribution >= 0.6 is 0 Å². The van der Waals surface area contributed by atoms with E-state index in [1.807, 2.05) is 7.05 Å². The molecule has 0 bridgehead atoms. The normalized spacial score (nSPS) is 19.5. The van der Waals surface area contributed by atoms with Gasteiger partial charge in [-0.2, -0.15) is 4.31 Å². The summed E-state index contributed by atoms with van der Waals surface area (Å²) in [6.45, 7) is 1.16.